The first-order valence-corrected chi connectivity index (χ1v) is 11.0. The number of aromatic nitrogens is 1. The quantitative estimate of drug-likeness (QED) is 0.418. The molecule has 9 heteroatoms. The molecule has 0 saturated carbocycles. The van der Waals surface area contributed by atoms with Crippen LogP contribution in [-0.2, 0) is 25.7 Å². The molecule has 0 aliphatic carbocycles. The van der Waals surface area contributed by atoms with Crippen molar-refractivity contribution in [3.8, 4) is 11.3 Å². The summed E-state index contributed by atoms with van der Waals surface area (Å²) in [7, 11) is 0. The van der Waals surface area contributed by atoms with Crippen molar-refractivity contribution in [1.82, 2.24) is 15.2 Å². The number of ether oxygens (including phenoxy) is 1. The largest absolute Gasteiger partial charge is 0.465 e. The van der Waals surface area contributed by atoms with Gasteiger partial charge in [0, 0.05) is 24.1 Å². The van der Waals surface area contributed by atoms with Gasteiger partial charge in [-0.05, 0) is 43.2 Å². The molecule has 4 rings (SSSR count). The minimum atomic E-state index is -0.637. The van der Waals surface area contributed by atoms with E-state index in [2.05, 4.69) is 10.3 Å². The molecule has 1 unspecified atom stereocenters. The molecule has 2 aromatic rings. The summed E-state index contributed by atoms with van der Waals surface area (Å²) in [5.41, 5.74) is 2.94. The number of esters is 1. The second-order valence-corrected chi connectivity index (χ2v) is 8.22. The molecule has 3 heterocycles. The predicted molar refractivity (Wildman–Crippen MR) is 113 cm³/mol. The van der Waals surface area contributed by atoms with Crippen LogP contribution in [0.4, 0.5) is 0 Å². The smallest absolute Gasteiger partial charge is 0.316 e. The van der Waals surface area contributed by atoms with E-state index in [9.17, 15) is 19.2 Å². The predicted octanol–water partition coefficient (Wildman–Crippen LogP) is 2.16. The molecule has 160 valence electrons. The van der Waals surface area contributed by atoms with E-state index in [1.807, 2.05) is 30.3 Å². The summed E-state index contributed by atoms with van der Waals surface area (Å²) < 4.78 is 4.94. The minimum Gasteiger partial charge on any atom is -0.465 e. The summed E-state index contributed by atoms with van der Waals surface area (Å²) in [6.07, 6.45) is 0.556. The van der Waals surface area contributed by atoms with E-state index in [1.54, 1.807) is 13.0 Å². The normalized spacial score (nSPS) is 18.0. The van der Waals surface area contributed by atoms with Crippen LogP contribution in [0.1, 0.15) is 35.7 Å². The monoisotopic (exact) mass is 439 g/mol. The number of piperidine rings is 1. The van der Waals surface area contributed by atoms with Crippen LogP contribution in [0.5, 0.6) is 0 Å². The van der Waals surface area contributed by atoms with Gasteiger partial charge in [-0.15, -0.1) is 0 Å². The van der Waals surface area contributed by atoms with Crippen LogP contribution in [0.2, 0.25) is 0 Å². The van der Waals surface area contributed by atoms with E-state index < -0.39 is 11.9 Å². The maximum absolute atomic E-state index is 12.8. The Balaban J connectivity index is 1.51. The van der Waals surface area contributed by atoms with Crippen molar-refractivity contribution in [1.29, 1.82) is 0 Å². The molecule has 1 fully saturated rings. The number of carbonyl (C=O) groups is 4. The highest BCUT2D eigenvalue weighted by Crippen LogP contribution is 2.31. The Labute approximate surface area is 183 Å². The first-order valence-electron chi connectivity index (χ1n) is 9.99. The number of nitrogens with zero attached hydrogens (tertiary/aromatic N) is 2. The molecular formula is C22H21N3O5S. The van der Waals surface area contributed by atoms with Crippen LogP contribution in [0.3, 0.4) is 0 Å². The second-order valence-electron chi connectivity index (χ2n) is 7.23. The van der Waals surface area contributed by atoms with Crippen LogP contribution in [0, 0.1) is 0 Å². The Morgan fingerprint density at radius 3 is 2.87 bits per heavy atom. The molecule has 1 aromatic heterocycles. The molecule has 1 aromatic carbocycles. The number of hydrogen-bond donors (Lipinski definition) is 1. The Hall–Kier alpha value is -3.20. The number of fused-ring (bicyclic) bond motifs is 1. The summed E-state index contributed by atoms with van der Waals surface area (Å²) >= 11 is 1.30. The third kappa shape index (κ3) is 4.46. The number of benzene rings is 1. The SMILES string of the molecule is CCOC(=O)CSc1cccc(-c2ccc3c(c2)CN(C2CCC(=O)NC2=O)C3=O)n1. The zero-order valence-electron chi connectivity index (χ0n) is 16.9. The van der Waals surface area contributed by atoms with Crippen molar-refractivity contribution in [3.63, 3.8) is 0 Å². The van der Waals surface area contributed by atoms with Gasteiger partial charge < -0.3 is 9.64 Å². The fraction of sp³-hybridized carbons (Fsp3) is 0.318. The molecule has 1 saturated heterocycles. The summed E-state index contributed by atoms with van der Waals surface area (Å²) in [6.45, 7) is 2.42. The van der Waals surface area contributed by atoms with Gasteiger partial charge in [0.05, 0.1) is 23.1 Å². The Morgan fingerprint density at radius 2 is 2.10 bits per heavy atom. The van der Waals surface area contributed by atoms with Crippen LogP contribution < -0.4 is 5.32 Å². The Kier molecular flexibility index (Phi) is 6.03. The number of imide groups is 1. The summed E-state index contributed by atoms with van der Waals surface area (Å²) in [5.74, 6) is -1.04. The third-order valence-corrected chi connectivity index (χ3v) is 6.09. The van der Waals surface area contributed by atoms with Gasteiger partial charge in [0.15, 0.2) is 0 Å². The molecule has 31 heavy (non-hydrogen) atoms. The van der Waals surface area contributed by atoms with Crippen molar-refractivity contribution in [2.75, 3.05) is 12.4 Å². The van der Waals surface area contributed by atoms with Crippen LogP contribution in [-0.4, -0.2) is 52.0 Å². The second kappa shape index (κ2) is 8.89. The highest BCUT2D eigenvalue weighted by Gasteiger charge is 2.39. The molecule has 0 bridgehead atoms. The van der Waals surface area contributed by atoms with E-state index in [0.29, 0.717) is 30.2 Å². The van der Waals surface area contributed by atoms with E-state index in [4.69, 9.17) is 4.74 Å². The standard InChI is InChI=1S/C22H21N3O5S/c1-2-30-20(27)12-31-19-5-3-4-16(23-19)13-6-7-15-14(10-13)11-25(22(15)29)17-8-9-18(26)24-21(17)28/h3-7,10,17H,2,8-9,11-12H2,1H3,(H,24,26,28). The summed E-state index contributed by atoms with van der Waals surface area (Å²) in [6, 6.07) is 10.4. The van der Waals surface area contributed by atoms with Crippen molar-refractivity contribution in [2.45, 2.75) is 37.4 Å². The fourth-order valence-corrected chi connectivity index (χ4v) is 4.41. The minimum absolute atomic E-state index is 0.184. The van der Waals surface area contributed by atoms with Crippen LogP contribution >= 0.6 is 11.8 Å². The molecule has 0 radical (unpaired) electrons. The van der Waals surface area contributed by atoms with Gasteiger partial charge in [-0.3, -0.25) is 24.5 Å². The molecule has 1 N–H and O–H groups in total. The zero-order chi connectivity index (χ0) is 22.0. The average Bonchev–Trinajstić information content (AvgIpc) is 3.08. The Bertz CT molecular complexity index is 1070. The van der Waals surface area contributed by atoms with Gasteiger partial charge in [0.25, 0.3) is 5.91 Å². The lowest BCUT2D eigenvalue weighted by molar-refractivity contribution is -0.140. The van der Waals surface area contributed by atoms with Gasteiger partial charge in [0.1, 0.15) is 6.04 Å². The molecule has 2 aliphatic rings. The number of thioether (sulfide) groups is 1. The lowest BCUT2D eigenvalue weighted by Crippen LogP contribution is -2.52. The molecule has 8 nitrogen and oxygen atoms in total. The van der Waals surface area contributed by atoms with E-state index in [0.717, 1.165) is 16.8 Å². The summed E-state index contributed by atoms with van der Waals surface area (Å²) in [5, 5.41) is 3.01. The van der Waals surface area contributed by atoms with Gasteiger partial charge >= 0.3 is 5.97 Å². The third-order valence-electron chi connectivity index (χ3n) is 5.19. The Morgan fingerprint density at radius 1 is 1.26 bits per heavy atom. The van der Waals surface area contributed by atoms with Gasteiger partial charge in [-0.25, -0.2) is 4.98 Å². The fourth-order valence-electron chi connectivity index (χ4n) is 3.73. The molecular weight excluding hydrogens is 418 g/mol. The maximum atomic E-state index is 12.8. The highest BCUT2D eigenvalue weighted by molar-refractivity contribution is 7.99. The number of pyridine rings is 1. The van der Waals surface area contributed by atoms with E-state index in [-0.39, 0.29) is 30.0 Å². The van der Waals surface area contributed by atoms with Gasteiger partial charge in [-0.1, -0.05) is 23.9 Å². The van der Waals surface area contributed by atoms with Crippen LogP contribution in [0.25, 0.3) is 11.3 Å². The van der Waals surface area contributed by atoms with E-state index in [1.165, 1.54) is 16.7 Å². The van der Waals surface area contributed by atoms with Crippen molar-refractivity contribution < 1.29 is 23.9 Å². The maximum Gasteiger partial charge on any atom is 0.316 e. The van der Waals surface area contributed by atoms with Crippen molar-refractivity contribution >= 4 is 35.5 Å². The topological polar surface area (TPSA) is 106 Å². The number of carbonyl (C=O) groups excluding carboxylic acids is 4. The zero-order valence-corrected chi connectivity index (χ0v) is 17.7. The first-order chi connectivity index (χ1) is 15.0. The number of nitrogens with one attached hydrogen (secondary N) is 1. The highest BCUT2D eigenvalue weighted by atomic mass is 32.2. The lowest BCUT2D eigenvalue weighted by atomic mass is 10.0. The first kappa shape index (κ1) is 21.0. The van der Waals surface area contributed by atoms with Crippen LogP contribution in [0.15, 0.2) is 41.4 Å². The van der Waals surface area contributed by atoms with Gasteiger partial charge in [-0.2, -0.15) is 0 Å². The van der Waals surface area contributed by atoms with E-state index >= 15 is 0 Å². The molecule has 0 spiro atoms. The number of amides is 3. The van der Waals surface area contributed by atoms with Crippen molar-refractivity contribution in [3.05, 3.63) is 47.5 Å². The number of rotatable bonds is 6. The summed E-state index contributed by atoms with van der Waals surface area (Å²) in [4.78, 5) is 54.1. The number of hydrogen-bond acceptors (Lipinski definition) is 7. The lowest BCUT2D eigenvalue weighted by Gasteiger charge is -2.29. The van der Waals surface area contributed by atoms with Crippen molar-refractivity contribution in [2.24, 2.45) is 0 Å². The molecule has 1 atom stereocenters. The van der Waals surface area contributed by atoms with Gasteiger partial charge in [0.2, 0.25) is 11.8 Å². The molecule has 3 amide bonds. The average molecular weight is 439 g/mol. The molecule has 2 aliphatic heterocycles.